The molecule has 9 nitrogen and oxygen atoms in total. The molecule has 2 amide bonds. The van der Waals surface area contributed by atoms with Crippen LogP contribution in [-0.2, 0) is 4.74 Å². The number of urea groups is 1. The maximum absolute atomic E-state index is 14.0. The van der Waals surface area contributed by atoms with Crippen molar-refractivity contribution in [2.45, 2.75) is 31.9 Å². The van der Waals surface area contributed by atoms with Crippen molar-refractivity contribution in [1.29, 1.82) is 0 Å². The zero-order valence-electron chi connectivity index (χ0n) is 22.1. The first-order chi connectivity index (χ1) is 18.3. The van der Waals surface area contributed by atoms with Crippen molar-refractivity contribution in [2.24, 2.45) is 0 Å². The average Bonchev–Trinajstić information content (AvgIpc) is 3.44. The number of benzene rings is 2. The van der Waals surface area contributed by atoms with E-state index in [1.807, 2.05) is 30.3 Å². The molecule has 0 radical (unpaired) electrons. The largest absolute Gasteiger partial charge is 0.474 e. The number of hydrogen-bond donors (Lipinski definition) is 3. The van der Waals surface area contributed by atoms with E-state index in [9.17, 15) is 18.7 Å². The summed E-state index contributed by atoms with van der Waals surface area (Å²) in [6, 6.07) is 12.3. The van der Waals surface area contributed by atoms with Gasteiger partial charge in [0.15, 0.2) is 11.6 Å². The van der Waals surface area contributed by atoms with Crippen LogP contribution >= 0.6 is 12.4 Å². The Bertz CT molecular complexity index is 1240. The van der Waals surface area contributed by atoms with E-state index in [1.54, 1.807) is 31.7 Å². The fourth-order valence-corrected chi connectivity index (χ4v) is 4.54. The molecule has 3 aromatic rings. The molecule has 4 rings (SSSR count). The first-order valence-electron chi connectivity index (χ1n) is 12.5. The summed E-state index contributed by atoms with van der Waals surface area (Å²) >= 11 is 0. The van der Waals surface area contributed by atoms with Gasteiger partial charge in [0.1, 0.15) is 12.4 Å². The Morgan fingerprint density at radius 2 is 1.92 bits per heavy atom. The van der Waals surface area contributed by atoms with E-state index in [0.29, 0.717) is 48.9 Å². The maximum atomic E-state index is 14.0. The van der Waals surface area contributed by atoms with Gasteiger partial charge in [-0.2, -0.15) is 0 Å². The monoisotopic (exact) mass is 565 g/mol. The lowest BCUT2D eigenvalue weighted by Crippen LogP contribution is -2.42. The number of amides is 2. The fraction of sp³-hybridized carbons (Fsp3) is 0.407. The minimum atomic E-state index is -0.923. The third kappa shape index (κ3) is 7.45. The number of rotatable bonds is 10. The highest BCUT2D eigenvalue weighted by Gasteiger charge is 2.35. The highest BCUT2D eigenvalue weighted by molar-refractivity contribution is 5.90. The third-order valence-electron chi connectivity index (χ3n) is 6.47. The fourth-order valence-electron chi connectivity index (χ4n) is 4.54. The SMILES string of the molecule is COCCN1C[C@H](NC(=O)Nc2c(C)c(OC[C@H](C)O)nn2-c2ccccc2)[C@H](c2ccc(F)c(F)c2)C1.Cl. The number of carbonyl (C=O) groups is 1. The summed E-state index contributed by atoms with van der Waals surface area (Å²) in [4.78, 5) is 15.4. The second kappa shape index (κ2) is 13.7. The van der Waals surface area contributed by atoms with E-state index in [4.69, 9.17) is 9.47 Å². The maximum Gasteiger partial charge on any atom is 0.320 e. The number of halogens is 3. The van der Waals surface area contributed by atoms with Crippen LogP contribution in [0.3, 0.4) is 0 Å². The Kier molecular flexibility index (Phi) is 10.6. The van der Waals surface area contributed by atoms with Gasteiger partial charge in [0.25, 0.3) is 0 Å². The summed E-state index contributed by atoms with van der Waals surface area (Å²) in [6.07, 6.45) is -0.687. The van der Waals surface area contributed by atoms with Gasteiger partial charge in [0.05, 0.1) is 30.0 Å². The zero-order chi connectivity index (χ0) is 27.2. The van der Waals surface area contributed by atoms with Gasteiger partial charge in [0, 0.05) is 32.7 Å². The molecule has 2 aromatic carbocycles. The lowest BCUT2D eigenvalue weighted by atomic mass is 9.94. The van der Waals surface area contributed by atoms with Gasteiger partial charge in [-0.05, 0) is 43.7 Å². The molecule has 0 saturated carbocycles. The number of aliphatic hydroxyl groups excluding tert-OH is 1. The molecule has 1 aromatic heterocycles. The summed E-state index contributed by atoms with van der Waals surface area (Å²) in [5.74, 6) is -1.39. The van der Waals surface area contributed by atoms with Crippen LogP contribution in [0.25, 0.3) is 5.69 Å². The molecule has 12 heteroatoms. The highest BCUT2D eigenvalue weighted by Crippen LogP contribution is 2.31. The molecule has 0 spiro atoms. The van der Waals surface area contributed by atoms with E-state index in [1.165, 1.54) is 6.07 Å². The van der Waals surface area contributed by atoms with Gasteiger partial charge in [0.2, 0.25) is 5.88 Å². The number of nitrogens with zero attached hydrogens (tertiary/aromatic N) is 3. The molecule has 2 heterocycles. The Balaban J connectivity index is 0.00000420. The van der Waals surface area contributed by atoms with Crippen molar-refractivity contribution in [3.05, 3.63) is 71.3 Å². The highest BCUT2D eigenvalue weighted by atomic mass is 35.5. The molecule has 3 atom stereocenters. The van der Waals surface area contributed by atoms with E-state index in [0.717, 1.165) is 6.07 Å². The summed E-state index contributed by atoms with van der Waals surface area (Å²) in [7, 11) is 1.61. The lowest BCUT2D eigenvalue weighted by Gasteiger charge is -2.21. The van der Waals surface area contributed by atoms with Crippen LogP contribution < -0.4 is 15.4 Å². The smallest absolute Gasteiger partial charge is 0.320 e. The lowest BCUT2D eigenvalue weighted by molar-refractivity contribution is 0.119. The van der Waals surface area contributed by atoms with Crippen LogP contribution in [-0.4, -0.2) is 77.9 Å². The Morgan fingerprint density at radius 1 is 1.18 bits per heavy atom. The average molecular weight is 566 g/mol. The minimum Gasteiger partial charge on any atom is -0.474 e. The molecular formula is C27H34ClF2N5O4. The number of hydrogen-bond acceptors (Lipinski definition) is 6. The van der Waals surface area contributed by atoms with Crippen LogP contribution in [0.5, 0.6) is 5.88 Å². The van der Waals surface area contributed by atoms with Gasteiger partial charge >= 0.3 is 6.03 Å². The molecule has 3 N–H and O–H groups in total. The number of aromatic nitrogens is 2. The quantitative estimate of drug-likeness (QED) is 0.345. The number of anilines is 1. The van der Waals surface area contributed by atoms with Crippen molar-refractivity contribution >= 4 is 24.3 Å². The van der Waals surface area contributed by atoms with Crippen molar-refractivity contribution in [3.63, 3.8) is 0 Å². The number of likely N-dealkylation sites (tertiary alicyclic amines) is 1. The number of ether oxygens (including phenoxy) is 2. The molecule has 0 bridgehead atoms. The molecule has 39 heavy (non-hydrogen) atoms. The van der Waals surface area contributed by atoms with E-state index in [-0.39, 0.29) is 36.9 Å². The second-order valence-electron chi connectivity index (χ2n) is 9.42. The normalized spacial score (nSPS) is 17.9. The molecule has 1 aliphatic rings. The van der Waals surface area contributed by atoms with Crippen LogP contribution in [0.15, 0.2) is 48.5 Å². The summed E-state index contributed by atoms with van der Waals surface area (Å²) in [5, 5.41) is 20.0. The zero-order valence-corrected chi connectivity index (χ0v) is 22.9. The third-order valence-corrected chi connectivity index (χ3v) is 6.47. The number of methoxy groups -OCH3 is 1. The molecule has 212 valence electrons. The summed E-state index contributed by atoms with van der Waals surface area (Å²) < 4.78 is 40.0. The van der Waals surface area contributed by atoms with Crippen molar-refractivity contribution < 1.29 is 28.2 Å². The van der Waals surface area contributed by atoms with Gasteiger partial charge in [-0.25, -0.2) is 18.3 Å². The molecule has 1 saturated heterocycles. The predicted molar refractivity (Wildman–Crippen MR) is 146 cm³/mol. The molecule has 0 unspecified atom stereocenters. The first-order valence-corrected chi connectivity index (χ1v) is 12.5. The minimum absolute atomic E-state index is 0. The second-order valence-corrected chi connectivity index (χ2v) is 9.42. The number of carbonyl (C=O) groups excluding carboxylic acids is 1. The van der Waals surface area contributed by atoms with Crippen LogP contribution in [0.2, 0.25) is 0 Å². The topological polar surface area (TPSA) is 101 Å². The summed E-state index contributed by atoms with van der Waals surface area (Å²) in [5.41, 5.74) is 1.91. The molecule has 1 fully saturated rings. The van der Waals surface area contributed by atoms with Crippen LogP contribution in [0, 0.1) is 18.6 Å². The standard InChI is InChI=1S/C27H33F2N5O4.ClH/c1-17(35)16-38-26-18(2)25(34(32-26)20-7-5-4-6-8-20)31-27(36)30-24-15-33(11-12-37-3)14-21(24)19-9-10-22(28)23(29)13-19;/h4-10,13,17,21,24,35H,11-12,14-16H2,1-3H3,(H2,30,31,36);1H/t17-,21-,24-;/m0./s1. The molecular weight excluding hydrogens is 532 g/mol. The van der Waals surface area contributed by atoms with Crippen molar-refractivity contribution in [2.75, 3.05) is 45.3 Å². The number of nitrogens with one attached hydrogen (secondary N) is 2. The van der Waals surface area contributed by atoms with Crippen molar-refractivity contribution in [1.82, 2.24) is 20.0 Å². The number of aliphatic hydroxyl groups is 1. The number of para-hydroxylation sites is 1. The molecule has 1 aliphatic heterocycles. The van der Waals surface area contributed by atoms with E-state index in [2.05, 4.69) is 20.6 Å². The first kappa shape index (κ1) is 30.3. The Morgan fingerprint density at radius 3 is 2.59 bits per heavy atom. The van der Waals surface area contributed by atoms with Crippen LogP contribution in [0.1, 0.15) is 24.0 Å². The van der Waals surface area contributed by atoms with Gasteiger partial charge in [-0.3, -0.25) is 10.2 Å². The van der Waals surface area contributed by atoms with Gasteiger partial charge < -0.3 is 19.9 Å². The van der Waals surface area contributed by atoms with Gasteiger partial charge in [-0.1, -0.05) is 24.3 Å². The molecule has 0 aliphatic carbocycles. The van der Waals surface area contributed by atoms with E-state index >= 15 is 0 Å². The van der Waals surface area contributed by atoms with E-state index < -0.39 is 23.8 Å². The summed E-state index contributed by atoms with van der Waals surface area (Å²) in [6.45, 7) is 5.64. The van der Waals surface area contributed by atoms with Crippen LogP contribution in [0.4, 0.5) is 19.4 Å². The Labute approximate surface area is 232 Å². The van der Waals surface area contributed by atoms with Gasteiger partial charge in [-0.15, -0.1) is 17.5 Å². The predicted octanol–water partition coefficient (Wildman–Crippen LogP) is 3.88. The Hall–Kier alpha value is -3.25. The van der Waals surface area contributed by atoms with Crippen molar-refractivity contribution in [3.8, 4) is 11.6 Å².